The van der Waals surface area contributed by atoms with Gasteiger partial charge in [0.05, 0.1) is 14.2 Å². The molecule has 1 aliphatic heterocycles. The van der Waals surface area contributed by atoms with Gasteiger partial charge in [-0.25, -0.2) is 0 Å². The van der Waals surface area contributed by atoms with Gasteiger partial charge in [0.25, 0.3) is 5.91 Å². The van der Waals surface area contributed by atoms with Crippen LogP contribution in [0.2, 0.25) is 0 Å². The number of hydrogen-bond acceptors (Lipinski definition) is 6. The van der Waals surface area contributed by atoms with Gasteiger partial charge in [0.15, 0.2) is 11.5 Å². The third kappa shape index (κ3) is 6.66. The largest absolute Gasteiger partial charge is 0.493 e. The summed E-state index contributed by atoms with van der Waals surface area (Å²) < 4.78 is 10.9. The Bertz CT molecular complexity index is 1400. The molecule has 7 heteroatoms. The molecule has 0 radical (unpaired) electrons. The highest BCUT2D eigenvalue weighted by Gasteiger charge is 2.29. The van der Waals surface area contributed by atoms with Gasteiger partial charge in [-0.05, 0) is 77.6 Å². The van der Waals surface area contributed by atoms with Crippen LogP contribution in [-0.2, 0) is 13.1 Å². The lowest BCUT2D eigenvalue weighted by Gasteiger charge is -2.39. The molecule has 4 aromatic rings. The summed E-state index contributed by atoms with van der Waals surface area (Å²) in [5, 5.41) is 0. The second-order valence-electron chi connectivity index (χ2n) is 10.1. The van der Waals surface area contributed by atoms with Gasteiger partial charge in [-0.2, -0.15) is 0 Å². The zero-order valence-corrected chi connectivity index (χ0v) is 23.9. The molecular weight excluding hydrogens is 518 g/mol. The molecule has 0 N–H and O–H groups in total. The van der Waals surface area contributed by atoms with E-state index >= 15 is 0 Å². The molecule has 0 unspecified atom stereocenters. The molecule has 1 aromatic heterocycles. The highest BCUT2D eigenvalue weighted by atomic mass is 32.1. The molecule has 40 heavy (non-hydrogen) atoms. The zero-order valence-electron chi connectivity index (χ0n) is 23.0. The Morgan fingerprint density at radius 3 is 2.25 bits per heavy atom. The molecule has 0 atom stereocenters. The lowest BCUT2D eigenvalue weighted by molar-refractivity contribution is 0.0542. The van der Waals surface area contributed by atoms with E-state index in [2.05, 4.69) is 57.7 Å². The first kappa shape index (κ1) is 27.7. The number of nitrogens with zero attached hydrogens (tertiary/aromatic N) is 3. The molecule has 0 bridgehead atoms. The molecule has 0 saturated carbocycles. The zero-order chi connectivity index (χ0) is 27.9. The quantitative estimate of drug-likeness (QED) is 0.245. The molecule has 1 saturated heterocycles. The molecule has 1 aliphatic rings. The van der Waals surface area contributed by atoms with Crippen LogP contribution >= 0.6 is 12.6 Å². The summed E-state index contributed by atoms with van der Waals surface area (Å²) in [7, 11) is 3.28. The minimum Gasteiger partial charge on any atom is -0.493 e. The van der Waals surface area contributed by atoms with E-state index in [1.54, 1.807) is 20.4 Å². The average molecular weight is 554 g/mol. The number of likely N-dealkylation sites (tertiary alicyclic amines) is 1. The van der Waals surface area contributed by atoms with Crippen molar-refractivity contribution in [3.63, 3.8) is 0 Å². The second kappa shape index (κ2) is 13.0. The number of hydrogen-bond donors (Lipinski definition) is 1. The van der Waals surface area contributed by atoms with Crippen LogP contribution in [0.4, 0.5) is 0 Å². The fraction of sp³-hybridized carbons (Fsp3) is 0.273. The van der Waals surface area contributed by atoms with Crippen molar-refractivity contribution in [2.45, 2.75) is 36.9 Å². The van der Waals surface area contributed by atoms with Gasteiger partial charge in [-0.1, -0.05) is 36.4 Å². The molecule has 2 heterocycles. The second-order valence-corrected chi connectivity index (χ2v) is 10.6. The summed E-state index contributed by atoms with van der Waals surface area (Å²) >= 11 is 4.40. The van der Waals surface area contributed by atoms with E-state index in [1.807, 2.05) is 54.7 Å². The number of amides is 1. The Kier molecular flexibility index (Phi) is 9.04. The highest BCUT2D eigenvalue weighted by Crippen LogP contribution is 2.32. The molecule has 1 amide bonds. The Hall–Kier alpha value is -3.81. The monoisotopic (exact) mass is 553 g/mol. The van der Waals surface area contributed by atoms with E-state index in [4.69, 9.17) is 9.47 Å². The van der Waals surface area contributed by atoms with Crippen LogP contribution in [0.1, 0.15) is 34.3 Å². The van der Waals surface area contributed by atoms with E-state index in [-0.39, 0.29) is 11.9 Å². The number of benzene rings is 3. The fourth-order valence-electron chi connectivity index (χ4n) is 5.29. The van der Waals surface area contributed by atoms with Gasteiger partial charge in [0.2, 0.25) is 0 Å². The maximum absolute atomic E-state index is 13.8. The molecular formula is C33H35N3O3S. The summed E-state index contributed by atoms with van der Waals surface area (Å²) in [6.07, 6.45) is 5.60. The third-order valence-electron chi connectivity index (χ3n) is 7.53. The van der Waals surface area contributed by atoms with Crippen molar-refractivity contribution in [1.29, 1.82) is 0 Å². The molecule has 1 fully saturated rings. The predicted octanol–water partition coefficient (Wildman–Crippen LogP) is 6.36. The van der Waals surface area contributed by atoms with Crippen LogP contribution in [0.25, 0.3) is 11.1 Å². The summed E-state index contributed by atoms with van der Waals surface area (Å²) in [4.78, 5) is 23.4. The molecule has 6 nitrogen and oxygen atoms in total. The van der Waals surface area contributed by atoms with Gasteiger partial charge in [0, 0.05) is 55.1 Å². The van der Waals surface area contributed by atoms with Crippen molar-refractivity contribution in [2.75, 3.05) is 27.3 Å². The Balaban J connectivity index is 1.32. The number of carbonyl (C=O) groups excluding carboxylic acids is 1. The number of piperidine rings is 1. The maximum atomic E-state index is 13.8. The van der Waals surface area contributed by atoms with E-state index in [1.165, 1.54) is 5.56 Å². The number of thiol groups is 1. The van der Waals surface area contributed by atoms with Crippen molar-refractivity contribution < 1.29 is 14.3 Å². The van der Waals surface area contributed by atoms with Crippen LogP contribution in [0.3, 0.4) is 0 Å². The van der Waals surface area contributed by atoms with Crippen LogP contribution in [0.5, 0.6) is 11.5 Å². The Labute approximate surface area is 242 Å². The van der Waals surface area contributed by atoms with Gasteiger partial charge >= 0.3 is 0 Å². The Morgan fingerprint density at radius 1 is 0.900 bits per heavy atom. The van der Waals surface area contributed by atoms with Crippen LogP contribution in [0, 0.1) is 0 Å². The van der Waals surface area contributed by atoms with E-state index < -0.39 is 0 Å². The number of carbonyl (C=O) groups is 1. The fourth-order valence-corrected chi connectivity index (χ4v) is 5.44. The van der Waals surface area contributed by atoms with Crippen molar-refractivity contribution >= 4 is 18.5 Å². The molecule has 3 aromatic carbocycles. The minimum atomic E-state index is 0.0583. The van der Waals surface area contributed by atoms with Crippen molar-refractivity contribution in [1.82, 2.24) is 14.8 Å². The van der Waals surface area contributed by atoms with Crippen molar-refractivity contribution in [3.8, 4) is 22.6 Å². The normalized spacial score (nSPS) is 14.1. The number of rotatable bonds is 9. The summed E-state index contributed by atoms with van der Waals surface area (Å²) in [6, 6.07) is 26.1. The maximum Gasteiger partial charge on any atom is 0.254 e. The van der Waals surface area contributed by atoms with Crippen LogP contribution in [0.15, 0.2) is 96.2 Å². The van der Waals surface area contributed by atoms with Gasteiger partial charge in [0.1, 0.15) is 0 Å². The van der Waals surface area contributed by atoms with E-state index in [0.717, 1.165) is 54.1 Å². The molecule has 0 spiro atoms. The number of methoxy groups -OCH3 is 2. The van der Waals surface area contributed by atoms with Crippen molar-refractivity contribution in [3.05, 3.63) is 108 Å². The van der Waals surface area contributed by atoms with Crippen LogP contribution < -0.4 is 9.47 Å². The third-order valence-corrected chi connectivity index (χ3v) is 7.82. The SMILES string of the molecule is COc1ccc(-c2ccc(CN(C(=O)c3ccc(S)cc3)C3CCN(Cc4cccnc4)CC3)cc2)cc1OC. The van der Waals surface area contributed by atoms with Gasteiger partial charge < -0.3 is 14.4 Å². The summed E-state index contributed by atoms with van der Waals surface area (Å²) in [5.41, 5.74) is 5.13. The highest BCUT2D eigenvalue weighted by molar-refractivity contribution is 7.80. The van der Waals surface area contributed by atoms with E-state index in [0.29, 0.717) is 23.6 Å². The topological polar surface area (TPSA) is 54.9 Å². The minimum absolute atomic E-state index is 0.0583. The first-order valence-corrected chi connectivity index (χ1v) is 14.0. The number of pyridine rings is 1. The number of aromatic nitrogens is 1. The number of ether oxygens (including phenoxy) is 2. The smallest absolute Gasteiger partial charge is 0.254 e. The summed E-state index contributed by atoms with van der Waals surface area (Å²) in [5.74, 6) is 1.46. The van der Waals surface area contributed by atoms with Crippen LogP contribution in [-0.4, -0.2) is 54.0 Å². The molecule has 206 valence electrons. The summed E-state index contributed by atoms with van der Waals surface area (Å²) in [6.45, 7) is 3.32. The Morgan fingerprint density at radius 2 is 1.60 bits per heavy atom. The molecule has 0 aliphatic carbocycles. The first-order valence-electron chi connectivity index (χ1n) is 13.6. The van der Waals surface area contributed by atoms with E-state index in [9.17, 15) is 4.79 Å². The lowest BCUT2D eigenvalue weighted by Crippen LogP contribution is -2.46. The predicted molar refractivity (Wildman–Crippen MR) is 161 cm³/mol. The average Bonchev–Trinajstić information content (AvgIpc) is 3.01. The first-order chi connectivity index (χ1) is 19.5. The van der Waals surface area contributed by atoms with Gasteiger partial charge in [-0.15, -0.1) is 12.6 Å². The lowest BCUT2D eigenvalue weighted by atomic mass is 9.99. The molecule has 5 rings (SSSR count). The van der Waals surface area contributed by atoms with Gasteiger partial charge in [-0.3, -0.25) is 14.7 Å². The standard InChI is InChI=1S/C33H35N3O3S/c1-38-31-14-11-28(20-32(31)39-2)26-7-5-24(6-8-26)23-36(33(37)27-9-12-30(40)13-10-27)29-15-18-35(19-16-29)22-25-4-3-17-34-21-25/h3-14,17,20-21,29,40H,15-16,18-19,22-23H2,1-2H3. The van der Waals surface area contributed by atoms with Crippen molar-refractivity contribution in [2.24, 2.45) is 0 Å².